The minimum atomic E-state index is -0.735. The molecule has 0 bridgehead atoms. The number of anilines is 1. The predicted molar refractivity (Wildman–Crippen MR) is 138 cm³/mol. The lowest BCUT2D eigenvalue weighted by Crippen LogP contribution is -2.18. The second-order valence-electron chi connectivity index (χ2n) is 8.47. The first-order valence-corrected chi connectivity index (χ1v) is 12.4. The summed E-state index contributed by atoms with van der Waals surface area (Å²) < 4.78 is 29.6. The van der Waals surface area contributed by atoms with Crippen LogP contribution in [0, 0.1) is 10.9 Å². The van der Waals surface area contributed by atoms with Crippen molar-refractivity contribution in [1.82, 2.24) is 35.1 Å². The van der Waals surface area contributed by atoms with Crippen LogP contribution < -0.4 is 5.32 Å². The molecule has 0 fully saturated rings. The highest BCUT2D eigenvalue weighted by Crippen LogP contribution is 2.35. The van der Waals surface area contributed by atoms with Crippen molar-refractivity contribution >= 4 is 39.0 Å². The van der Waals surface area contributed by atoms with Crippen LogP contribution in [0.1, 0.15) is 19.8 Å². The standard InChI is InChI=1S/C25H20F2N8OS/c1-2-3-19(36)31-13-6-12(7-28-8-13)22-21(27)20-15(11-30-22)34-35-24(20)25-32-16-10-29-9-14(23(16)33-25)17-4-5-18(26)37-17/h4-11,19,31,36H,2-3H2,1H3,(H,32,33)(H,34,35). The SMILES string of the molecule is CCCC(O)Nc1cncc(-c2ncc3[nH]nc(-c4nc5c(-c6ccc(F)s6)cncc5[nH]4)c3c2F)c1. The third-order valence-corrected chi connectivity index (χ3v) is 6.82. The maximum atomic E-state index is 15.9. The quantitative estimate of drug-likeness (QED) is 0.206. The maximum absolute atomic E-state index is 15.9. The average molecular weight is 519 g/mol. The molecule has 1 atom stereocenters. The molecule has 0 radical (unpaired) electrons. The highest BCUT2D eigenvalue weighted by Gasteiger charge is 2.22. The Balaban J connectivity index is 1.44. The first-order valence-electron chi connectivity index (χ1n) is 11.5. The second kappa shape index (κ2) is 9.30. The zero-order valence-electron chi connectivity index (χ0n) is 19.5. The number of hydrogen-bond donors (Lipinski definition) is 4. The molecule has 6 heterocycles. The van der Waals surface area contributed by atoms with E-state index in [1.54, 1.807) is 30.7 Å². The molecule has 0 spiro atoms. The van der Waals surface area contributed by atoms with Gasteiger partial charge < -0.3 is 15.4 Å². The summed E-state index contributed by atoms with van der Waals surface area (Å²) in [5.74, 6) is -0.256. The molecule has 0 saturated carbocycles. The molecule has 0 aliphatic heterocycles. The number of hydrogen-bond acceptors (Lipinski definition) is 8. The van der Waals surface area contributed by atoms with Gasteiger partial charge in [-0.15, -0.1) is 11.3 Å². The first-order chi connectivity index (χ1) is 18.0. The van der Waals surface area contributed by atoms with Crippen molar-refractivity contribution in [2.24, 2.45) is 0 Å². The van der Waals surface area contributed by atoms with Crippen molar-refractivity contribution in [3.63, 3.8) is 0 Å². The van der Waals surface area contributed by atoms with Gasteiger partial charge in [-0.25, -0.2) is 9.37 Å². The number of imidazole rings is 1. The number of aliphatic hydroxyl groups is 1. The summed E-state index contributed by atoms with van der Waals surface area (Å²) >= 11 is 0.997. The minimum Gasteiger partial charge on any atom is -0.374 e. The molecule has 0 aliphatic rings. The van der Waals surface area contributed by atoms with Crippen LogP contribution in [0.15, 0.2) is 49.2 Å². The molecule has 6 rings (SSSR count). The van der Waals surface area contributed by atoms with Gasteiger partial charge in [0.2, 0.25) is 0 Å². The molecule has 37 heavy (non-hydrogen) atoms. The summed E-state index contributed by atoms with van der Waals surface area (Å²) in [6.07, 6.45) is 8.43. The van der Waals surface area contributed by atoms with Gasteiger partial charge in [0.05, 0.1) is 40.7 Å². The zero-order valence-corrected chi connectivity index (χ0v) is 20.3. The average Bonchev–Trinajstić information content (AvgIpc) is 3.62. The normalized spacial score (nSPS) is 12.4. The summed E-state index contributed by atoms with van der Waals surface area (Å²) in [6, 6.07) is 4.74. The van der Waals surface area contributed by atoms with Crippen LogP contribution in [-0.4, -0.2) is 46.5 Å². The van der Waals surface area contributed by atoms with E-state index in [-0.39, 0.29) is 21.9 Å². The number of rotatable bonds is 7. The number of fused-ring (bicyclic) bond motifs is 2. The van der Waals surface area contributed by atoms with Gasteiger partial charge in [-0.05, 0) is 24.6 Å². The van der Waals surface area contributed by atoms with Gasteiger partial charge in [0, 0.05) is 28.4 Å². The fourth-order valence-electron chi connectivity index (χ4n) is 4.22. The number of aliphatic hydroxyl groups excluding tert-OH is 1. The Morgan fingerprint density at radius 1 is 1.05 bits per heavy atom. The Hall–Kier alpha value is -4.29. The van der Waals surface area contributed by atoms with Gasteiger partial charge in [-0.2, -0.15) is 9.49 Å². The number of aromatic nitrogens is 7. The van der Waals surface area contributed by atoms with Crippen molar-refractivity contribution < 1.29 is 13.9 Å². The minimum absolute atomic E-state index is 0.0869. The third-order valence-electron chi connectivity index (χ3n) is 5.91. The van der Waals surface area contributed by atoms with Crippen LogP contribution in [0.2, 0.25) is 0 Å². The summed E-state index contributed by atoms with van der Waals surface area (Å²) in [7, 11) is 0. The van der Waals surface area contributed by atoms with Gasteiger partial charge >= 0.3 is 0 Å². The van der Waals surface area contributed by atoms with E-state index in [2.05, 4.69) is 40.4 Å². The van der Waals surface area contributed by atoms with E-state index in [4.69, 9.17) is 0 Å². The number of aromatic amines is 2. The Labute approximate surface area is 212 Å². The van der Waals surface area contributed by atoms with E-state index < -0.39 is 12.0 Å². The first kappa shape index (κ1) is 23.1. The Morgan fingerprint density at radius 2 is 1.92 bits per heavy atom. The molecule has 4 N–H and O–H groups in total. The van der Waals surface area contributed by atoms with E-state index in [1.807, 2.05) is 6.92 Å². The van der Waals surface area contributed by atoms with E-state index in [1.165, 1.54) is 18.5 Å². The van der Waals surface area contributed by atoms with Gasteiger partial charge in [0.15, 0.2) is 16.8 Å². The number of pyridine rings is 3. The van der Waals surface area contributed by atoms with Crippen molar-refractivity contribution in [2.45, 2.75) is 26.0 Å². The molecule has 0 amide bonds. The van der Waals surface area contributed by atoms with Crippen LogP contribution in [0.25, 0.3) is 55.2 Å². The molecule has 0 aliphatic carbocycles. The fraction of sp³-hybridized carbons (Fsp3) is 0.160. The van der Waals surface area contributed by atoms with E-state index in [0.29, 0.717) is 50.5 Å². The third kappa shape index (κ3) is 4.19. The summed E-state index contributed by atoms with van der Waals surface area (Å²) in [6.45, 7) is 1.97. The summed E-state index contributed by atoms with van der Waals surface area (Å²) in [5, 5.41) is 20.1. The lowest BCUT2D eigenvalue weighted by atomic mass is 10.1. The van der Waals surface area contributed by atoms with Crippen molar-refractivity contribution in [2.75, 3.05) is 5.32 Å². The molecule has 1 unspecified atom stereocenters. The zero-order chi connectivity index (χ0) is 25.5. The molecule has 6 aromatic rings. The topological polar surface area (TPSA) is 128 Å². The molecule has 12 heteroatoms. The van der Waals surface area contributed by atoms with Gasteiger partial charge in [0.1, 0.15) is 23.1 Å². The molecule has 0 saturated heterocycles. The smallest absolute Gasteiger partial charge is 0.176 e. The molecule has 186 valence electrons. The van der Waals surface area contributed by atoms with Gasteiger partial charge in [0.25, 0.3) is 0 Å². The van der Waals surface area contributed by atoms with E-state index >= 15 is 4.39 Å². The number of H-pyrrole nitrogens is 2. The maximum Gasteiger partial charge on any atom is 0.176 e. The lowest BCUT2D eigenvalue weighted by Gasteiger charge is -2.13. The number of nitrogens with one attached hydrogen (secondary N) is 3. The highest BCUT2D eigenvalue weighted by molar-refractivity contribution is 7.14. The molecule has 9 nitrogen and oxygen atoms in total. The van der Waals surface area contributed by atoms with Gasteiger partial charge in [-0.3, -0.25) is 20.1 Å². The van der Waals surface area contributed by atoms with E-state index in [0.717, 1.165) is 17.8 Å². The van der Waals surface area contributed by atoms with Gasteiger partial charge in [-0.1, -0.05) is 13.3 Å². The summed E-state index contributed by atoms with van der Waals surface area (Å²) in [4.78, 5) is 21.2. The van der Waals surface area contributed by atoms with Crippen LogP contribution >= 0.6 is 11.3 Å². The Morgan fingerprint density at radius 3 is 2.73 bits per heavy atom. The van der Waals surface area contributed by atoms with Crippen LogP contribution in [0.5, 0.6) is 0 Å². The monoisotopic (exact) mass is 518 g/mol. The van der Waals surface area contributed by atoms with Crippen molar-refractivity contribution in [3.8, 4) is 33.2 Å². The largest absolute Gasteiger partial charge is 0.374 e. The van der Waals surface area contributed by atoms with Crippen molar-refractivity contribution in [3.05, 3.63) is 60.1 Å². The highest BCUT2D eigenvalue weighted by atomic mass is 32.1. The molecule has 6 aromatic heterocycles. The predicted octanol–water partition coefficient (Wildman–Crippen LogP) is 5.50. The number of thiophene rings is 1. The van der Waals surface area contributed by atoms with Crippen LogP contribution in [-0.2, 0) is 0 Å². The molecular formula is C25H20F2N8OS. The fourth-order valence-corrected chi connectivity index (χ4v) is 4.96. The lowest BCUT2D eigenvalue weighted by molar-refractivity contribution is 0.192. The van der Waals surface area contributed by atoms with Crippen molar-refractivity contribution in [1.29, 1.82) is 0 Å². The number of halogens is 2. The Kier molecular flexibility index (Phi) is 5.81. The molecular weight excluding hydrogens is 498 g/mol. The second-order valence-corrected chi connectivity index (χ2v) is 9.50. The van der Waals surface area contributed by atoms with Crippen LogP contribution in [0.3, 0.4) is 0 Å². The van der Waals surface area contributed by atoms with E-state index in [9.17, 15) is 9.50 Å². The Bertz CT molecular complexity index is 1740. The molecule has 0 aromatic carbocycles. The van der Waals surface area contributed by atoms with Crippen LogP contribution in [0.4, 0.5) is 14.5 Å². The summed E-state index contributed by atoms with van der Waals surface area (Å²) in [5.41, 5.74) is 3.60. The number of nitrogens with zero attached hydrogens (tertiary/aromatic N) is 5.